The lowest BCUT2D eigenvalue weighted by atomic mass is 10.0. The van der Waals surface area contributed by atoms with E-state index >= 15 is 0 Å². The lowest BCUT2D eigenvalue weighted by Gasteiger charge is -2.35. The summed E-state index contributed by atoms with van der Waals surface area (Å²) in [6.45, 7) is 4.47. The molecular weight excluding hydrogens is 380 g/mol. The molecule has 0 spiro atoms. The molecule has 0 aliphatic carbocycles. The first-order valence-corrected chi connectivity index (χ1v) is 9.58. The average Bonchev–Trinajstić information content (AvgIpc) is 3.23. The van der Waals surface area contributed by atoms with Crippen LogP contribution in [0.2, 0.25) is 5.15 Å². The molecular formula is C15H21ClN6O3S. The van der Waals surface area contributed by atoms with Crippen LogP contribution in [-0.2, 0) is 6.42 Å². The van der Waals surface area contributed by atoms with Crippen LogP contribution in [0.25, 0.3) is 0 Å². The van der Waals surface area contributed by atoms with Crippen LogP contribution in [0.3, 0.4) is 0 Å². The Morgan fingerprint density at radius 2 is 2.31 bits per heavy atom. The predicted molar refractivity (Wildman–Crippen MR) is 97.6 cm³/mol. The summed E-state index contributed by atoms with van der Waals surface area (Å²) in [5.41, 5.74) is 0.706. The number of nitrogens with one attached hydrogen (secondary N) is 2. The highest BCUT2D eigenvalue weighted by Crippen LogP contribution is 2.27. The van der Waals surface area contributed by atoms with Crippen molar-refractivity contribution >= 4 is 34.0 Å². The van der Waals surface area contributed by atoms with Gasteiger partial charge in [0.05, 0.1) is 17.8 Å². The summed E-state index contributed by atoms with van der Waals surface area (Å²) < 4.78 is 0. The van der Waals surface area contributed by atoms with Crippen molar-refractivity contribution in [1.29, 1.82) is 0 Å². The molecule has 2 aromatic rings. The fraction of sp³-hybridized carbons (Fsp3) is 0.600. The lowest BCUT2D eigenvalue weighted by Crippen LogP contribution is -2.54. The molecule has 3 heterocycles. The van der Waals surface area contributed by atoms with E-state index in [9.17, 15) is 15.0 Å². The minimum Gasteiger partial charge on any atom is -0.389 e. The monoisotopic (exact) mass is 400 g/mol. The summed E-state index contributed by atoms with van der Waals surface area (Å²) in [6.07, 6.45) is -0.235. The summed E-state index contributed by atoms with van der Waals surface area (Å²) in [7, 11) is 0. The number of imidazole rings is 1. The molecule has 1 amide bonds. The number of β-amino-alcohol motifs (C(OH)–C–C–N with tert-alkyl or cyclic N) is 1. The summed E-state index contributed by atoms with van der Waals surface area (Å²) in [5.74, 6) is -0.247. The minimum atomic E-state index is -0.761. The second-order valence-electron chi connectivity index (χ2n) is 6.19. The number of piperidine rings is 1. The van der Waals surface area contributed by atoms with Gasteiger partial charge in [-0.1, -0.05) is 29.9 Å². The standard InChI is InChI=1S/C15H21ClN6O3S/c1-3-8-11(16)19-12(17-8)13(25)18-9-4-5-22(6-10(9)24)15-21-20-14(26-15)7(2)23/h7,9-10,23-24H,3-6H2,1-2H3,(H,17,19)(H,18,25)/t7-,9-,10+/m1/s1. The van der Waals surface area contributed by atoms with Gasteiger partial charge in [-0.15, -0.1) is 10.2 Å². The number of amides is 1. The molecule has 4 N–H and O–H groups in total. The molecule has 0 aromatic carbocycles. The van der Waals surface area contributed by atoms with E-state index in [1.807, 2.05) is 11.8 Å². The molecule has 2 aromatic heterocycles. The van der Waals surface area contributed by atoms with Crippen molar-refractivity contribution < 1.29 is 15.0 Å². The molecule has 1 saturated heterocycles. The van der Waals surface area contributed by atoms with Crippen molar-refractivity contribution in [2.75, 3.05) is 18.0 Å². The molecule has 3 atom stereocenters. The maximum absolute atomic E-state index is 12.3. The molecule has 142 valence electrons. The Bertz CT molecular complexity index is 779. The molecule has 1 aliphatic heterocycles. The zero-order valence-corrected chi connectivity index (χ0v) is 16.0. The minimum absolute atomic E-state index is 0.146. The summed E-state index contributed by atoms with van der Waals surface area (Å²) in [5, 5.41) is 32.2. The SMILES string of the molecule is CCc1[nH]c(C(=O)N[C@@H]2CCN(c3nnc([C@@H](C)O)s3)C[C@@H]2O)nc1Cl. The highest BCUT2D eigenvalue weighted by Gasteiger charge is 2.31. The molecule has 0 saturated carbocycles. The molecule has 0 unspecified atom stereocenters. The maximum atomic E-state index is 12.3. The molecule has 26 heavy (non-hydrogen) atoms. The Morgan fingerprint density at radius 3 is 2.88 bits per heavy atom. The summed E-state index contributed by atoms with van der Waals surface area (Å²) >= 11 is 7.26. The van der Waals surface area contributed by atoms with Gasteiger partial charge in [-0.3, -0.25) is 4.79 Å². The number of aliphatic hydroxyl groups is 2. The van der Waals surface area contributed by atoms with E-state index in [0.717, 1.165) is 0 Å². The van der Waals surface area contributed by atoms with Gasteiger partial charge in [-0.05, 0) is 19.8 Å². The number of carbonyl (C=O) groups is 1. The van der Waals surface area contributed by atoms with E-state index in [4.69, 9.17) is 11.6 Å². The topological polar surface area (TPSA) is 127 Å². The molecule has 0 radical (unpaired) electrons. The van der Waals surface area contributed by atoms with Crippen LogP contribution in [0, 0.1) is 0 Å². The second kappa shape index (κ2) is 7.87. The Labute approximate surface area is 159 Å². The number of aromatic amines is 1. The number of aliphatic hydroxyl groups excluding tert-OH is 2. The third-order valence-corrected chi connectivity index (χ3v) is 5.72. The number of hydrogen-bond acceptors (Lipinski definition) is 8. The smallest absolute Gasteiger partial charge is 0.287 e. The van der Waals surface area contributed by atoms with Gasteiger partial charge in [0.15, 0.2) is 11.0 Å². The number of nitrogens with zero attached hydrogens (tertiary/aromatic N) is 4. The van der Waals surface area contributed by atoms with Crippen LogP contribution in [-0.4, -0.2) is 61.5 Å². The third-order valence-electron chi connectivity index (χ3n) is 4.25. The van der Waals surface area contributed by atoms with Crippen LogP contribution in [0.15, 0.2) is 0 Å². The first-order valence-electron chi connectivity index (χ1n) is 8.38. The van der Waals surface area contributed by atoms with Gasteiger partial charge in [0.2, 0.25) is 5.13 Å². The lowest BCUT2D eigenvalue weighted by molar-refractivity contribution is 0.0790. The van der Waals surface area contributed by atoms with Gasteiger partial charge >= 0.3 is 0 Å². The quantitative estimate of drug-likeness (QED) is 0.587. The molecule has 3 rings (SSSR count). The van der Waals surface area contributed by atoms with Crippen LogP contribution in [0.4, 0.5) is 5.13 Å². The van der Waals surface area contributed by atoms with E-state index in [-0.39, 0.29) is 5.82 Å². The fourth-order valence-electron chi connectivity index (χ4n) is 2.76. The van der Waals surface area contributed by atoms with Gasteiger partial charge in [0.1, 0.15) is 11.1 Å². The second-order valence-corrected chi connectivity index (χ2v) is 7.53. The van der Waals surface area contributed by atoms with Gasteiger partial charge in [-0.2, -0.15) is 0 Å². The number of rotatable bonds is 5. The number of aromatic nitrogens is 4. The number of halogens is 1. The molecule has 11 heteroatoms. The Kier molecular flexibility index (Phi) is 5.76. The number of carbonyl (C=O) groups excluding carboxylic acids is 1. The number of aryl methyl sites for hydroxylation is 1. The van der Waals surface area contributed by atoms with E-state index in [0.29, 0.717) is 46.9 Å². The summed E-state index contributed by atoms with van der Waals surface area (Å²) in [4.78, 5) is 21.1. The van der Waals surface area contributed by atoms with Crippen LogP contribution in [0.5, 0.6) is 0 Å². The normalized spacial score (nSPS) is 21.7. The van der Waals surface area contributed by atoms with Gasteiger partial charge < -0.3 is 25.4 Å². The third kappa shape index (κ3) is 3.98. The highest BCUT2D eigenvalue weighted by atomic mass is 35.5. The maximum Gasteiger partial charge on any atom is 0.287 e. The van der Waals surface area contributed by atoms with Crippen LogP contribution >= 0.6 is 22.9 Å². The van der Waals surface area contributed by atoms with Crippen molar-refractivity contribution in [3.05, 3.63) is 21.7 Å². The molecule has 1 fully saturated rings. The van der Waals surface area contributed by atoms with E-state index < -0.39 is 24.2 Å². The zero-order valence-electron chi connectivity index (χ0n) is 14.4. The Balaban J connectivity index is 1.60. The van der Waals surface area contributed by atoms with Gasteiger partial charge in [0, 0.05) is 13.1 Å². The first kappa shape index (κ1) is 19.0. The van der Waals surface area contributed by atoms with Crippen LogP contribution in [0.1, 0.15) is 47.7 Å². The predicted octanol–water partition coefficient (Wildman–Crippen LogP) is 0.900. The van der Waals surface area contributed by atoms with Crippen molar-refractivity contribution in [3.8, 4) is 0 Å². The van der Waals surface area contributed by atoms with Crippen molar-refractivity contribution in [2.24, 2.45) is 0 Å². The number of hydrogen-bond donors (Lipinski definition) is 4. The number of H-pyrrole nitrogens is 1. The largest absolute Gasteiger partial charge is 0.389 e. The average molecular weight is 401 g/mol. The molecule has 9 nitrogen and oxygen atoms in total. The fourth-order valence-corrected chi connectivity index (χ4v) is 3.84. The van der Waals surface area contributed by atoms with Crippen LogP contribution < -0.4 is 10.2 Å². The molecule has 1 aliphatic rings. The first-order chi connectivity index (χ1) is 12.4. The Hall–Kier alpha value is -1.75. The van der Waals surface area contributed by atoms with Gasteiger partial charge in [0.25, 0.3) is 5.91 Å². The number of anilines is 1. The van der Waals surface area contributed by atoms with Crippen molar-refractivity contribution in [1.82, 2.24) is 25.5 Å². The van der Waals surface area contributed by atoms with Gasteiger partial charge in [-0.25, -0.2) is 4.98 Å². The van der Waals surface area contributed by atoms with Crippen molar-refractivity contribution in [2.45, 2.75) is 44.9 Å². The molecule has 0 bridgehead atoms. The Morgan fingerprint density at radius 1 is 1.54 bits per heavy atom. The summed E-state index contributed by atoms with van der Waals surface area (Å²) in [6, 6.07) is -0.392. The van der Waals surface area contributed by atoms with E-state index in [1.54, 1.807) is 6.92 Å². The zero-order chi connectivity index (χ0) is 18.8. The van der Waals surface area contributed by atoms with Crippen molar-refractivity contribution in [3.63, 3.8) is 0 Å². The highest BCUT2D eigenvalue weighted by molar-refractivity contribution is 7.15. The van der Waals surface area contributed by atoms with E-state index in [1.165, 1.54) is 11.3 Å². The van der Waals surface area contributed by atoms with E-state index in [2.05, 4.69) is 25.5 Å².